The van der Waals surface area contributed by atoms with E-state index in [1.807, 2.05) is 48.5 Å². The lowest BCUT2D eigenvalue weighted by Crippen LogP contribution is -2.35. The molecule has 0 radical (unpaired) electrons. The molecule has 226 valence electrons. The summed E-state index contributed by atoms with van der Waals surface area (Å²) >= 11 is 0. The summed E-state index contributed by atoms with van der Waals surface area (Å²) in [5, 5.41) is 6.32. The first-order valence-electron chi connectivity index (χ1n) is 16.0. The number of hydrogen-bond acceptors (Lipinski definition) is 3. The van der Waals surface area contributed by atoms with Crippen LogP contribution in [0.4, 0.5) is 0 Å². The molecule has 0 saturated carbocycles. The van der Waals surface area contributed by atoms with Gasteiger partial charge < -0.3 is 23.2 Å². The first-order chi connectivity index (χ1) is 23.7. The zero-order chi connectivity index (χ0) is 31.6. The minimum atomic E-state index is -3.42. The first kappa shape index (κ1) is 26.1. The minimum Gasteiger partial charge on any atom is -0.456 e. The van der Waals surface area contributed by atoms with Crippen molar-refractivity contribution in [1.29, 1.82) is 0 Å². The molecule has 6 heteroatoms. The third kappa shape index (κ3) is 3.24. The highest BCUT2D eigenvalue weighted by atomic mass is 31.2. The van der Waals surface area contributed by atoms with Gasteiger partial charge in [-0.2, -0.15) is 0 Å². The molecule has 0 saturated heterocycles. The fraction of sp³-hybridized carbons (Fsp3) is 0. The van der Waals surface area contributed by atoms with Crippen LogP contribution >= 0.6 is 7.14 Å². The maximum absolute atomic E-state index is 16.0. The summed E-state index contributed by atoms with van der Waals surface area (Å²) in [6.45, 7) is 0. The van der Waals surface area contributed by atoms with E-state index in [-0.39, 0.29) is 0 Å². The van der Waals surface area contributed by atoms with E-state index in [4.69, 9.17) is 9.47 Å². The molecule has 0 bridgehead atoms. The molecular weight excluding hydrogens is 611 g/mol. The third-order valence-electron chi connectivity index (χ3n) is 9.94. The second kappa shape index (κ2) is 9.28. The van der Waals surface area contributed by atoms with Crippen molar-refractivity contribution in [1.82, 2.24) is 9.13 Å². The van der Waals surface area contributed by atoms with E-state index in [1.54, 1.807) is 0 Å². The van der Waals surface area contributed by atoms with Crippen LogP contribution in [0.25, 0.3) is 55.0 Å². The van der Waals surface area contributed by atoms with Crippen LogP contribution in [0, 0.1) is 0 Å². The topological polar surface area (TPSA) is 45.4 Å². The molecule has 0 spiro atoms. The lowest BCUT2D eigenvalue weighted by Gasteiger charge is -2.35. The van der Waals surface area contributed by atoms with Gasteiger partial charge >= 0.3 is 0 Å². The van der Waals surface area contributed by atoms with Gasteiger partial charge in [0.25, 0.3) is 0 Å². The number of rotatable bonds is 2. The number of hydrogen-bond donors (Lipinski definition) is 0. The van der Waals surface area contributed by atoms with E-state index < -0.39 is 7.14 Å². The van der Waals surface area contributed by atoms with Gasteiger partial charge in [0.2, 0.25) is 0 Å². The number of fused-ring (bicyclic) bond motifs is 11. The Morgan fingerprint density at radius 2 is 1.00 bits per heavy atom. The maximum Gasteiger partial charge on any atom is 0.185 e. The fourth-order valence-electron chi connectivity index (χ4n) is 7.99. The molecule has 5 nitrogen and oxygen atoms in total. The van der Waals surface area contributed by atoms with E-state index in [0.717, 1.165) is 55.0 Å². The summed E-state index contributed by atoms with van der Waals surface area (Å²) in [6, 6.07) is 51.5. The Labute approximate surface area is 275 Å². The third-order valence-corrected chi connectivity index (χ3v) is 13.1. The molecule has 1 atom stereocenters. The van der Waals surface area contributed by atoms with Gasteiger partial charge in [0.15, 0.2) is 7.14 Å². The Morgan fingerprint density at radius 3 is 1.73 bits per heavy atom. The monoisotopic (exact) mass is 636 g/mol. The highest BCUT2D eigenvalue weighted by Crippen LogP contribution is 2.60. The van der Waals surface area contributed by atoms with Crippen LogP contribution in [-0.2, 0) is 4.57 Å². The van der Waals surface area contributed by atoms with Crippen molar-refractivity contribution < 1.29 is 14.0 Å². The van der Waals surface area contributed by atoms with Crippen molar-refractivity contribution >= 4 is 66.7 Å². The molecule has 11 rings (SSSR count). The molecule has 4 heterocycles. The van der Waals surface area contributed by atoms with Crippen molar-refractivity contribution in [2.45, 2.75) is 0 Å². The second-order valence-electron chi connectivity index (χ2n) is 12.4. The smallest absolute Gasteiger partial charge is 0.185 e. The van der Waals surface area contributed by atoms with Crippen LogP contribution in [0.1, 0.15) is 0 Å². The maximum atomic E-state index is 16.0. The summed E-state index contributed by atoms with van der Waals surface area (Å²) in [6.07, 6.45) is 0. The summed E-state index contributed by atoms with van der Waals surface area (Å²) < 4.78 is 34.2. The standard InChI is InChI=1S/C42H25N2O3P/c45-48-38-21-11-10-20-35(38)46-36-24-27(44-31-17-7-4-14-28(31)29-15-5-8-18-32(29)44)25-37(42(36)48)47-41-39(48)23-22-34-40(41)30-16-6-9-19-33(30)43(34)26-12-2-1-3-13-26/h1-25H. The van der Waals surface area contributed by atoms with Gasteiger partial charge in [0.05, 0.1) is 43.7 Å². The Morgan fingerprint density at radius 1 is 0.438 bits per heavy atom. The second-order valence-corrected chi connectivity index (χ2v) is 15.1. The minimum absolute atomic E-state index is 0.554. The summed E-state index contributed by atoms with van der Waals surface area (Å²) in [5.41, 5.74) is 6.15. The van der Waals surface area contributed by atoms with Gasteiger partial charge in [0, 0.05) is 34.0 Å². The molecule has 2 aliphatic heterocycles. The van der Waals surface area contributed by atoms with Crippen molar-refractivity contribution in [3.8, 4) is 34.4 Å². The van der Waals surface area contributed by atoms with E-state index in [9.17, 15) is 0 Å². The number of benzene rings is 7. The largest absolute Gasteiger partial charge is 0.456 e. The SMILES string of the molecule is O=P12c3ccccc3Oc3cc(-n4c5ccccc5c5ccccc54)cc(c31)Oc1c2ccc2c1c1ccccc1n2-c1ccccc1. The summed E-state index contributed by atoms with van der Waals surface area (Å²) in [5.74, 6) is 2.36. The van der Waals surface area contributed by atoms with Crippen LogP contribution in [0.15, 0.2) is 152 Å². The molecule has 7 aromatic carbocycles. The fourth-order valence-corrected chi connectivity index (χ4v) is 11.0. The Kier molecular flexibility index (Phi) is 5.04. The van der Waals surface area contributed by atoms with Crippen LogP contribution < -0.4 is 25.4 Å². The number of nitrogens with zero attached hydrogens (tertiary/aromatic N) is 2. The molecular formula is C42H25N2O3P. The van der Waals surface area contributed by atoms with Crippen LogP contribution in [-0.4, -0.2) is 9.13 Å². The predicted octanol–water partition coefficient (Wildman–Crippen LogP) is 9.73. The van der Waals surface area contributed by atoms with Gasteiger partial charge in [-0.05, 0) is 54.6 Å². The lowest BCUT2D eigenvalue weighted by molar-refractivity contribution is 0.464. The van der Waals surface area contributed by atoms with E-state index in [2.05, 4.69) is 112 Å². The van der Waals surface area contributed by atoms with Crippen molar-refractivity contribution in [3.05, 3.63) is 152 Å². The molecule has 1 unspecified atom stereocenters. The molecule has 48 heavy (non-hydrogen) atoms. The Balaban J connectivity index is 1.26. The highest BCUT2D eigenvalue weighted by Gasteiger charge is 2.47. The molecule has 0 aliphatic carbocycles. The van der Waals surface area contributed by atoms with Crippen molar-refractivity contribution in [2.24, 2.45) is 0 Å². The predicted molar refractivity (Wildman–Crippen MR) is 195 cm³/mol. The highest BCUT2D eigenvalue weighted by molar-refractivity contribution is 7.86. The van der Waals surface area contributed by atoms with E-state index in [1.165, 1.54) is 0 Å². The average Bonchev–Trinajstić information content (AvgIpc) is 3.65. The van der Waals surface area contributed by atoms with Crippen LogP contribution in [0.3, 0.4) is 0 Å². The molecule has 0 amide bonds. The number of para-hydroxylation sites is 5. The zero-order valence-corrected chi connectivity index (χ0v) is 26.4. The molecule has 9 aromatic rings. The molecule has 0 N–H and O–H groups in total. The lowest BCUT2D eigenvalue weighted by atomic mass is 10.1. The van der Waals surface area contributed by atoms with Gasteiger partial charge in [-0.3, -0.25) is 0 Å². The Bertz CT molecular complexity index is 2830. The zero-order valence-electron chi connectivity index (χ0n) is 25.5. The summed E-state index contributed by atoms with van der Waals surface area (Å²) in [7, 11) is -3.42. The van der Waals surface area contributed by atoms with Gasteiger partial charge in [-0.1, -0.05) is 84.9 Å². The van der Waals surface area contributed by atoms with E-state index >= 15 is 4.57 Å². The average molecular weight is 637 g/mol. The first-order valence-corrected chi connectivity index (χ1v) is 17.8. The van der Waals surface area contributed by atoms with Crippen LogP contribution in [0.5, 0.6) is 23.0 Å². The number of ether oxygens (including phenoxy) is 2. The van der Waals surface area contributed by atoms with Crippen molar-refractivity contribution in [3.63, 3.8) is 0 Å². The summed E-state index contributed by atoms with van der Waals surface area (Å²) in [4.78, 5) is 0. The van der Waals surface area contributed by atoms with Gasteiger partial charge in [0.1, 0.15) is 28.3 Å². The van der Waals surface area contributed by atoms with Crippen LogP contribution in [0.2, 0.25) is 0 Å². The molecule has 0 fully saturated rings. The van der Waals surface area contributed by atoms with E-state index in [0.29, 0.717) is 38.9 Å². The van der Waals surface area contributed by atoms with Gasteiger partial charge in [-0.25, -0.2) is 0 Å². The van der Waals surface area contributed by atoms with Gasteiger partial charge in [-0.15, -0.1) is 0 Å². The molecule has 2 aliphatic rings. The Hall–Kier alpha value is -6.03. The quantitative estimate of drug-likeness (QED) is 0.178. The molecule has 2 aromatic heterocycles. The van der Waals surface area contributed by atoms with Crippen molar-refractivity contribution in [2.75, 3.05) is 0 Å². The normalized spacial score (nSPS) is 16.0. The number of aromatic nitrogens is 2.